The van der Waals surface area contributed by atoms with Gasteiger partial charge in [0.15, 0.2) is 6.10 Å². The molecule has 1 saturated carbocycles. The second-order valence-corrected chi connectivity index (χ2v) is 16.8. The van der Waals surface area contributed by atoms with Gasteiger partial charge < -0.3 is 28.2 Å². The minimum absolute atomic E-state index is 0.144. The minimum Gasteiger partial charge on any atom is -0.489 e. The van der Waals surface area contributed by atoms with E-state index in [1.807, 2.05) is 39.0 Å². The average Bonchev–Trinajstić information content (AvgIpc) is 3.58. The number of hydrogen-bond donors (Lipinski definition) is 1. The molecule has 4 fully saturated rings. The number of fused-ring (bicyclic) bond motifs is 2. The van der Waals surface area contributed by atoms with E-state index < -0.39 is 22.2 Å². The van der Waals surface area contributed by atoms with E-state index in [1.54, 1.807) is 6.07 Å². The van der Waals surface area contributed by atoms with Gasteiger partial charge in [0.05, 0.1) is 35.6 Å². The van der Waals surface area contributed by atoms with Crippen molar-refractivity contribution >= 4 is 49.3 Å². The van der Waals surface area contributed by atoms with Gasteiger partial charge in [-0.15, -0.1) is 0 Å². The first-order chi connectivity index (χ1) is 24.6. The first-order valence-corrected chi connectivity index (χ1v) is 19.9. The maximum absolute atomic E-state index is 13.2. The predicted molar refractivity (Wildman–Crippen MR) is 189 cm³/mol. The lowest BCUT2D eigenvalue weighted by molar-refractivity contribution is -0.0428. The molecular formula is C35H39ClN4O9S2. The number of aryl methyl sites for hydroxylation is 1. The number of amides is 1. The summed E-state index contributed by atoms with van der Waals surface area (Å²) in [4.78, 5) is 17.9. The molecule has 4 aliphatic rings. The van der Waals surface area contributed by atoms with Gasteiger partial charge in [-0.05, 0) is 70.2 Å². The van der Waals surface area contributed by atoms with E-state index in [4.69, 9.17) is 44.8 Å². The lowest BCUT2D eigenvalue weighted by Gasteiger charge is -2.17. The summed E-state index contributed by atoms with van der Waals surface area (Å²) in [5.41, 5.74) is 4.11. The van der Waals surface area contributed by atoms with Crippen LogP contribution in [-0.4, -0.2) is 85.6 Å². The molecule has 51 heavy (non-hydrogen) atoms. The van der Waals surface area contributed by atoms with Gasteiger partial charge in [0, 0.05) is 35.7 Å². The van der Waals surface area contributed by atoms with Crippen molar-refractivity contribution in [1.29, 1.82) is 0 Å². The van der Waals surface area contributed by atoms with Gasteiger partial charge in [-0.2, -0.15) is 17.7 Å². The third kappa shape index (κ3) is 6.97. The van der Waals surface area contributed by atoms with Gasteiger partial charge in [0.25, 0.3) is 11.1 Å². The molecule has 1 aliphatic carbocycles. The molecule has 2 aromatic carbocycles. The quantitative estimate of drug-likeness (QED) is 0.187. The molecule has 4 atom stereocenters. The Labute approximate surface area is 304 Å². The molecule has 3 saturated heterocycles. The third-order valence-electron chi connectivity index (χ3n) is 9.57. The number of halogens is 1. The van der Waals surface area contributed by atoms with Crippen LogP contribution in [-0.2, 0) is 31.0 Å². The van der Waals surface area contributed by atoms with Gasteiger partial charge in [-0.3, -0.25) is 4.79 Å². The van der Waals surface area contributed by atoms with Crippen molar-refractivity contribution in [3.05, 3.63) is 57.8 Å². The van der Waals surface area contributed by atoms with E-state index in [-0.39, 0.29) is 43.2 Å². The Morgan fingerprint density at radius 2 is 1.86 bits per heavy atom. The number of ether oxygens (including phenoxy) is 5. The molecule has 1 N–H and O–H groups in total. The number of carbonyl (C=O) groups excluding carboxylic acids is 1. The van der Waals surface area contributed by atoms with Crippen LogP contribution in [0.25, 0.3) is 21.5 Å². The lowest BCUT2D eigenvalue weighted by atomic mass is 10.0. The maximum atomic E-state index is 13.2. The highest BCUT2D eigenvalue weighted by atomic mass is 35.5. The van der Waals surface area contributed by atoms with Crippen molar-refractivity contribution in [3.63, 3.8) is 0 Å². The van der Waals surface area contributed by atoms with Crippen LogP contribution in [0.15, 0.2) is 34.9 Å². The fourth-order valence-corrected chi connectivity index (χ4v) is 9.38. The average molecular weight is 759 g/mol. The normalized spacial score (nSPS) is 23.7. The summed E-state index contributed by atoms with van der Waals surface area (Å²) < 4.78 is 66.7. The number of nitrogens with zero attached hydrogens (tertiary/aromatic N) is 3. The first-order valence-electron chi connectivity index (χ1n) is 17.2. The molecule has 0 spiro atoms. The number of thiazole rings is 1. The molecule has 8 rings (SSSR count). The van der Waals surface area contributed by atoms with Gasteiger partial charge in [-0.25, -0.2) is 4.72 Å². The second kappa shape index (κ2) is 13.9. The summed E-state index contributed by atoms with van der Waals surface area (Å²) in [6.07, 6.45) is 1.87. The summed E-state index contributed by atoms with van der Waals surface area (Å²) in [5, 5.41) is 5.40. The summed E-state index contributed by atoms with van der Waals surface area (Å²) in [6, 6.07) is 8.88. The van der Waals surface area contributed by atoms with Crippen LogP contribution in [0.4, 0.5) is 0 Å². The van der Waals surface area contributed by atoms with Crippen molar-refractivity contribution in [2.24, 2.45) is 0 Å². The molecule has 0 radical (unpaired) electrons. The summed E-state index contributed by atoms with van der Waals surface area (Å²) in [6.45, 7) is 7.36. The van der Waals surface area contributed by atoms with Crippen LogP contribution in [0.1, 0.15) is 72.7 Å². The van der Waals surface area contributed by atoms with E-state index >= 15 is 0 Å². The van der Waals surface area contributed by atoms with Crippen molar-refractivity contribution in [2.75, 3.05) is 26.3 Å². The van der Waals surface area contributed by atoms with Crippen molar-refractivity contribution in [3.8, 4) is 22.2 Å². The Balaban J connectivity index is 0.968. The van der Waals surface area contributed by atoms with Crippen LogP contribution < -0.4 is 14.2 Å². The maximum Gasteiger partial charge on any atom is 0.304 e. The largest absolute Gasteiger partial charge is 0.489 e. The zero-order valence-corrected chi connectivity index (χ0v) is 30.8. The molecule has 272 valence electrons. The Morgan fingerprint density at radius 3 is 2.59 bits per heavy atom. The fraction of sp³-hybridized carbons (Fsp3) is 0.514. The van der Waals surface area contributed by atoms with Crippen LogP contribution in [0.2, 0.25) is 5.02 Å². The molecule has 1 amide bonds. The Bertz CT molecular complexity index is 2040. The number of aromatic nitrogens is 2. The standard InChI is InChI=1S/C35H39ClN4O9S2/c1-18(2)47-24-13-21(34(41)39-51(42,43)40-11-4-5-12-40)14-27-30(24)37-35(50-27)48-26-17-46-32-25(16-45-33(26)32)44-15-22-29(38-49-31(22)20-9-10-20)28-19(3)7-6-8-23(28)36/h6-8,13-14,18,20,25-26,32-33H,4-5,9-12,15-17H2,1-3H3,(H,39,41)/t25-,26-,32-,33-/m1/s1. The number of benzene rings is 2. The highest BCUT2D eigenvalue weighted by molar-refractivity contribution is 7.87. The van der Waals surface area contributed by atoms with Gasteiger partial charge in [0.2, 0.25) is 0 Å². The van der Waals surface area contributed by atoms with Gasteiger partial charge >= 0.3 is 10.2 Å². The van der Waals surface area contributed by atoms with Crippen molar-refractivity contribution < 1.29 is 41.4 Å². The molecule has 5 heterocycles. The molecule has 0 bridgehead atoms. The Kier molecular flexibility index (Phi) is 9.48. The molecular weight excluding hydrogens is 720 g/mol. The van der Waals surface area contributed by atoms with Crippen LogP contribution >= 0.6 is 22.9 Å². The van der Waals surface area contributed by atoms with E-state index in [1.165, 1.54) is 21.7 Å². The Hall–Kier alpha value is -3.31. The zero-order valence-electron chi connectivity index (χ0n) is 28.4. The number of nitrogens with one attached hydrogen (secondary N) is 1. The van der Waals surface area contributed by atoms with E-state index in [0.717, 1.165) is 48.1 Å². The number of hydrogen-bond acceptors (Lipinski definition) is 12. The number of carbonyl (C=O) groups is 1. The highest BCUT2D eigenvalue weighted by Gasteiger charge is 2.50. The van der Waals surface area contributed by atoms with Crippen LogP contribution in [0, 0.1) is 6.92 Å². The second-order valence-electron chi connectivity index (χ2n) is 13.7. The topological polar surface area (TPSA) is 152 Å². The van der Waals surface area contributed by atoms with E-state index in [9.17, 15) is 13.2 Å². The molecule has 4 aromatic rings. The Morgan fingerprint density at radius 1 is 1.12 bits per heavy atom. The summed E-state index contributed by atoms with van der Waals surface area (Å²) in [7, 11) is -3.95. The zero-order chi connectivity index (χ0) is 35.4. The first kappa shape index (κ1) is 34.8. The van der Waals surface area contributed by atoms with Crippen LogP contribution in [0.3, 0.4) is 0 Å². The number of rotatable bonds is 12. The summed E-state index contributed by atoms with van der Waals surface area (Å²) >= 11 is 7.85. The summed E-state index contributed by atoms with van der Waals surface area (Å²) in [5.74, 6) is 0.789. The lowest BCUT2D eigenvalue weighted by Crippen LogP contribution is -2.42. The SMILES string of the molecule is Cc1cccc(Cl)c1-c1noc(C2CC2)c1CO[C@@H]1CO[C@H]2[C@@H]1OC[C@H]2Oc1nc2c(OC(C)C)cc(C(=O)NS(=O)(=O)N3CCCC3)cc2s1. The monoisotopic (exact) mass is 758 g/mol. The van der Waals surface area contributed by atoms with Crippen LogP contribution in [0.5, 0.6) is 10.9 Å². The third-order valence-corrected chi connectivity index (χ3v) is 12.3. The molecule has 13 nitrogen and oxygen atoms in total. The molecule has 3 aliphatic heterocycles. The molecule has 0 unspecified atom stereocenters. The van der Waals surface area contributed by atoms with E-state index in [2.05, 4.69) is 9.88 Å². The predicted octanol–water partition coefficient (Wildman–Crippen LogP) is 5.78. The van der Waals surface area contributed by atoms with E-state index in [0.29, 0.717) is 57.5 Å². The minimum atomic E-state index is -3.95. The highest BCUT2D eigenvalue weighted by Crippen LogP contribution is 2.46. The van der Waals surface area contributed by atoms with Crippen molar-refractivity contribution in [2.45, 2.75) is 89.5 Å². The van der Waals surface area contributed by atoms with Crippen molar-refractivity contribution in [1.82, 2.24) is 19.2 Å². The van der Waals surface area contributed by atoms with Gasteiger partial charge in [0.1, 0.15) is 41.0 Å². The fourth-order valence-electron chi connectivity index (χ4n) is 6.92. The van der Waals surface area contributed by atoms with Gasteiger partial charge in [-0.1, -0.05) is 40.2 Å². The molecule has 2 aromatic heterocycles. The smallest absolute Gasteiger partial charge is 0.304 e. The molecule has 16 heteroatoms.